The van der Waals surface area contributed by atoms with E-state index < -0.39 is 26.4 Å². The van der Waals surface area contributed by atoms with Gasteiger partial charge in [-0.15, -0.1) is 0 Å². The fourth-order valence-electron chi connectivity index (χ4n) is 1.49. The van der Waals surface area contributed by atoms with Crippen LogP contribution in [0, 0.1) is 11.6 Å². The zero-order chi connectivity index (χ0) is 13.5. The van der Waals surface area contributed by atoms with Crippen LogP contribution in [0.25, 0.3) is 11.3 Å². The predicted molar refractivity (Wildman–Crippen MR) is 59.4 cm³/mol. The molecular formula is C10H8F2N2O3S. The number of nitrogens with zero attached hydrogens (tertiary/aromatic N) is 1. The Labute approximate surface area is 101 Å². The number of nitrogen functional groups attached to an aromatic ring is 1. The molecule has 0 bridgehead atoms. The molecule has 1 aromatic carbocycles. The van der Waals surface area contributed by atoms with Crippen LogP contribution in [0.5, 0.6) is 0 Å². The molecule has 5 nitrogen and oxygen atoms in total. The lowest BCUT2D eigenvalue weighted by Crippen LogP contribution is -2.05. The Morgan fingerprint density at radius 1 is 1.33 bits per heavy atom. The first-order valence-corrected chi connectivity index (χ1v) is 6.60. The molecule has 0 aliphatic rings. The number of rotatable bonds is 2. The average Bonchev–Trinajstić information content (AvgIpc) is 2.62. The van der Waals surface area contributed by atoms with Crippen molar-refractivity contribution < 1.29 is 21.7 Å². The summed E-state index contributed by atoms with van der Waals surface area (Å²) in [6, 6.07) is 3.12. The highest BCUT2D eigenvalue weighted by Crippen LogP contribution is 2.29. The van der Waals surface area contributed by atoms with Gasteiger partial charge in [-0.3, -0.25) is 0 Å². The van der Waals surface area contributed by atoms with Crippen LogP contribution in [0.3, 0.4) is 0 Å². The van der Waals surface area contributed by atoms with E-state index in [4.69, 9.17) is 5.73 Å². The van der Waals surface area contributed by atoms with E-state index in [9.17, 15) is 17.2 Å². The van der Waals surface area contributed by atoms with Gasteiger partial charge < -0.3 is 10.3 Å². The Morgan fingerprint density at radius 2 is 2.00 bits per heavy atom. The van der Waals surface area contributed by atoms with E-state index >= 15 is 0 Å². The van der Waals surface area contributed by atoms with Crippen molar-refractivity contribution in [1.82, 2.24) is 5.16 Å². The Balaban J connectivity index is 2.73. The maximum atomic E-state index is 14.0. The average molecular weight is 274 g/mol. The Morgan fingerprint density at radius 3 is 2.50 bits per heavy atom. The summed E-state index contributed by atoms with van der Waals surface area (Å²) < 4.78 is 54.5. The van der Waals surface area contributed by atoms with Crippen LogP contribution >= 0.6 is 0 Å². The molecule has 0 fully saturated rings. The number of anilines is 1. The molecule has 0 spiro atoms. The van der Waals surface area contributed by atoms with Crippen molar-refractivity contribution in [3.8, 4) is 11.3 Å². The summed E-state index contributed by atoms with van der Waals surface area (Å²) in [4.78, 5) is -0.999. The third kappa shape index (κ3) is 2.06. The predicted octanol–water partition coefficient (Wildman–Crippen LogP) is 1.61. The van der Waals surface area contributed by atoms with Crippen molar-refractivity contribution in [2.75, 3.05) is 12.0 Å². The summed E-state index contributed by atoms with van der Waals surface area (Å²) in [6.45, 7) is 0. The molecule has 8 heteroatoms. The minimum atomic E-state index is -4.03. The Bertz CT molecular complexity index is 710. The van der Waals surface area contributed by atoms with E-state index in [2.05, 4.69) is 9.68 Å². The molecule has 0 atom stereocenters. The number of nitrogens with two attached hydrogens (primary N) is 1. The third-order valence-corrected chi connectivity index (χ3v) is 3.34. The van der Waals surface area contributed by atoms with Crippen LogP contribution in [-0.2, 0) is 9.84 Å². The summed E-state index contributed by atoms with van der Waals surface area (Å²) in [6.07, 6.45) is 0.718. The largest absolute Gasteiger partial charge is 0.368 e. The van der Waals surface area contributed by atoms with Crippen LogP contribution in [0.15, 0.2) is 27.6 Å². The Hall–Kier alpha value is -1.96. The molecule has 1 aromatic heterocycles. The lowest BCUT2D eigenvalue weighted by molar-refractivity contribution is 0.438. The normalized spacial score (nSPS) is 11.7. The highest BCUT2D eigenvalue weighted by molar-refractivity contribution is 7.90. The van der Waals surface area contributed by atoms with Gasteiger partial charge >= 0.3 is 0 Å². The molecule has 0 radical (unpaired) electrons. The molecule has 1 heterocycles. The lowest BCUT2D eigenvalue weighted by Gasteiger charge is -2.05. The second-order valence-corrected chi connectivity index (χ2v) is 5.58. The molecule has 18 heavy (non-hydrogen) atoms. The van der Waals surface area contributed by atoms with Gasteiger partial charge in [-0.05, 0) is 12.1 Å². The van der Waals surface area contributed by atoms with Crippen LogP contribution in [0.4, 0.5) is 14.7 Å². The zero-order valence-electron chi connectivity index (χ0n) is 9.15. The van der Waals surface area contributed by atoms with Gasteiger partial charge in [0, 0.05) is 17.9 Å². The first-order valence-electron chi connectivity index (χ1n) is 4.71. The highest BCUT2D eigenvalue weighted by Gasteiger charge is 2.24. The van der Waals surface area contributed by atoms with Gasteiger partial charge in [-0.2, -0.15) is 0 Å². The minimum absolute atomic E-state index is 0.00472. The number of hydrogen-bond acceptors (Lipinski definition) is 5. The van der Waals surface area contributed by atoms with Gasteiger partial charge in [0.15, 0.2) is 15.7 Å². The molecule has 2 rings (SSSR count). The molecule has 0 amide bonds. The molecule has 0 saturated heterocycles. The number of hydrogen-bond donors (Lipinski definition) is 1. The fourth-order valence-corrected chi connectivity index (χ4v) is 2.34. The number of halogens is 2. The van der Waals surface area contributed by atoms with Gasteiger partial charge in [-0.25, -0.2) is 17.2 Å². The van der Waals surface area contributed by atoms with Crippen LogP contribution in [0.2, 0.25) is 0 Å². The highest BCUT2D eigenvalue weighted by atomic mass is 32.2. The van der Waals surface area contributed by atoms with Crippen molar-refractivity contribution in [2.24, 2.45) is 0 Å². The van der Waals surface area contributed by atoms with Gasteiger partial charge in [0.25, 0.3) is 0 Å². The van der Waals surface area contributed by atoms with Gasteiger partial charge in [-0.1, -0.05) is 5.16 Å². The molecule has 0 aliphatic heterocycles. The molecule has 0 saturated carbocycles. The summed E-state index contributed by atoms with van der Waals surface area (Å²) in [5, 5.41) is 3.44. The van der Waals surface area contributed by atoms with E-state index in [1.54, 1.807) is 0 Å². The molecule has 0 aliphatic carbocycles. The monoisotopic (exact) mass is 274 g/mol. The maximum absolute atomic E-state index is 14.0. The van der Waals surface area contributed by atoms with Gasteiger partial charge in [0.05, 0.1) is 0 Å². The van der Waals surface area contributed by atoms with Crippen molar-refractivity contribution in [3.05, 3.63) is 29.8 Å². The quantitative estimate of drug-likeness (QED) is 0.899. The standard InChI is InChI=1S/C10H8F2N2O3S/c1-18(15,16)10-6(11)3-2-5(9(10)12)7-4-8(13)17-14-7/h2-4H,13H2,1H3. The van der Waals surface area contributed by atoms with E-state index in [1.165, 1.54) is 6.07 Å². The smallest absolute Gasteiger partial charge is 0.222 e. The van der Waals surface area contributed by atoms with Crippen molar-refractivity contribution in [3.63, 3.8) is 0 Å². The van der Waals surface area contributed by atoms with Crippen molar-refractivity contribution in [1.29, 1.82) is 0 Å². The van der Waals surface area contributed by atoms with Gasteiger partial charge in [0.2, 0.25) is 5.88 Å². The second kappa shape index (κ2) is 4.05. The SMILES string of the molecule is CS(=O)(=O)c1c(F)ccc(-c2cc(N)on2)c1F. The van der Waals surface area contributed by atoms with Crippen molar-refractivity contribution in [2.45, 2.75) is 4.90 Å². The van der Waals surface area contributed by atoms with Crippen LogP contribution in [-0.4, -0.2) is 19.8 Å². The van der Waals surface area contributed by atoms with E-state index in [0.717, 1.165) is 18.4 Å². The van der Waals surface area contributed by atoms with Crippen molar-refractivity contribution >= 4 is 15.7 Å². The topological polar surface area (TPSA) is 86.2 Å². The molecule has 2 aromatic rings. The maximum Gasteiger partial charge on any atom is 0.222 e. The lowest BCUT2D eigenvalue weighted by atomic mass is 10.1. The minimum Gasteiger partial charge on any atom is -0.368 e. The summed E-state index contributed by atoms with van der Waals surface area (Å²) in [5.74, 6) is -2.43. The first-order chi connectivity index (χ1) is 8.30. The third-order valence-electron chi connectivity index (χ3n) is 2.22. The molecule has 0 unspecified atom stereocenters. The van der Waals surface area contributed by atoms with E-state index in [1.807, 2.05) is 0 Å². The number of benzene rings is 1. The second-order valence-electron chi connectivity index (χ2n) is 3.62. The van der Waals surface area contributed by atoms with Gasteiger partial charge in [0.1, 0.15) is 16.4 Å². The summed E-state index contributed by atoms with van der Waals surface area (Å²) in [5.41, 5.74) is 5.07. The molecule has 96 valence electrons. The zero-order valence-corrected chi connectivity index (χ0v) is 9.96. The summed E-state index contributed by atoms with van der Waals surface area (Å²) in [7, 11) is -4.03. The van der Waals surface area contributed by atoms with E-state index in [-0.39, 0.29) is 17.1 Å². The number of sulfone groups is 1. The van der Waals surface area contributed by atoms with E-state index in [0.29, 0.717) is 0 Å². The Kier molecular flexibility index (Phi) is 2.81. The van der Waals surface area contributed by atoms with Crippen LogP contribution < -0.4 is 5.73 Å². The fraction of sp³-hybridized carbons (Fsp3) is 0.100. The first kappa shape index (κ1) is 12.5. The summed E-state index contributed by atoms with van der Waals surface area (Å²) >= 11 is 0. The molecular weight excluding hydrogens is 266 g/mol. The molecule has 2 N–H and O–H groups in total. The van der Waals surface area contributed by atoms with Crippen LogP contribution in [0.1, 0.15) is 0 Å². The number of aromatic nitrogens is 1.